The van der Waals surface area contributed by atoms with Crippen molar-refractivity contribution in [2.24, 2.45) is 0 Å². The molecular weight excluding hydrogens is 81.0 g/mol. The van der Waals surface area contributed by atoms with Crippen molar-refractivity contribution in [2.45, 2.75) is 0 Å². The van der Waals surface area contributed by atoms with Crippen LogP contribution in [0.4, 0.5) is 4.39 Å². The van der Waals surface area contributed by atoms with E-state index in [2.05, 4.69) is 11.2 Å². The summed E-state index contributed by atoms with van der Waals surface area (Å²) in [6.45, 7) is 0. The molecule has 6 heavy (non-hydrogen) atoms. The molecule has 1 nitrogen and oxygen atoms in total. The minimum atomic E-state index is -0.338. The highest BCUT2D eigenvalue weighted by Gasteiger charge is 1.80. The van der Waals surface area contributed by atoms with Gasteiger partial charge in [-0.1, -0.05) is 0 Å². The molecule has 0 aromatic carbocycles. The normalized spacial score (nSPS) is 8.83. The van der Waals surface area contributed by atoms with Crippen molar-refractivity contribution in [1.29, 1.82) is 0 Å². The number of hydrogen-bond acceptors (Lipinski definition) is 0. The molecule has 1 aromatic heterocycles. The van der Waals surface area contributed by atoms with E-state index in [1.54, 1.807) is 0 Å². The molecule has 0 spiro atoms. The molecule has 1 heterocycles. The lowest BCUT2D eigenvalue weighted by Crippen LogP contribution is -1.53. The van der Waals surface area contributed by atoms with Gasteiger partial charge in [0.1, 0.15) is 12.0 Å². The molecule has 0 aliphatic carbocycles. The average Bonchev–Trinajstić information content (AvgIpc) is 1.86. The third-order valence-corrected chi connectivity index (χ3v) is 0.505. The van der Waals surface area contributed by atoms with E-state index in [1.807, 2.05) is 0 Å². The minimum Gasteiger partial charge on any atom is -0.357 e. The molecule has 0 amide bonds. The van der Waals surface area contributed by atoms with Gasteiger partial charge in [-0.15, -0.1) is 0 Å². The van der Waals surface area contributed by atoms with E-state index in [9.17, 15) is 4.39 Å². The van der Waals surface area contributed by atoms with E-state index < -0.39 is 0 Å². The van der Waals surface area contributed by atoms with Gasteiger partial charge < -0.3 is 4.98 Å². The fourth-order valence-corrected chi connectivity index (χ4v) is 0.267. The number of nitrogens with one attached hydrogen (secondary N) is 1. The van der Waals surface area contributed by atoms with E-state index in [1.165, 1.54) is 12.3 Å². The molecule has 1 rings (SSSR count). The Morgan fingerprint density at radius 1 is 1.83 bits per heavy atom. The Morgan fingerprint density at radius 2 is 2.67 bits per heavy atom. The van der Waals surface area contributed by atoms with Gasteiger partial charge >= 0.3 is 0 Å². The molecule has 31 valence electrons. The summed E-state index contributed by atoms with van der Waals surface area (Å²) in [7, 11) is 0. The molecule has 0 saturated heterocycles. The number of halogens is 1. The Balaban J connectivity index is 3.05. The average molecular weight is 84.1 g/mol. The second-order valence-corrected chi connectivity index (χ2v) is 0.951. The lowest BCUT2D eigenvalue weighted by Gasteiger charge is -1.58. The quantitative estimate of drug-likeness (QED) is 0.481. The summed E-state index contributed by atoms with van der Waals surface area (Å²) in [4.78, 5) is 2.43. The smallest absolute Gasteiger partial charge is 0.150 e. The van der Waals surface area contributed by atoms with Crippen molar-refractivity contribution in [2.75, 3.05) is 0 Å². The van der Waals surface area contributed by atoms with Crippen LogP contribution in [0.1, 0.15) is 0 Å². The van der Waals surface area contributed by atoms with E-state index in [0.29, 0.717) is 0 Å². The van der Waals surface area contributed by atoms with Crippen LogP contribution in [0.3, 0.4) is 0 Å². The van der Waals surface area contributed by atoms with Gasteiger partial charge in [0.15, 0.2) is 0 Å². The fraction of sp³-hybridized carbons (Fsp3) is 0. The van der Waals surface area contributed by atoms with Crippen LogP contribution in [0.2, 0.25) is 0 Å². The second kappa shape index (κ2) is 1.12. The van der Waals surface area contributed by atoms with Gasteiger partial charge in [0.05, 0.1) is 0 Å². The molecule has 0 unspecified atom stereocenters. The van der Waals surface area contributed by atoms with Crippen molar-refractivity contribution < 1.29 is 4.39 Å². The number of rotatable bonds is 0. The molecule has 1 N–H and O–H groups in total. The molecule has 0 atom stereocenters. The summed E-state index contributed by atoms with van der Waals surface area (Å²) >= 11 is 0. The van der Waals surface area contributed by atoms with Crippen LogP contribution in [0.5, 0.6) is 0 Å². The van der Waals surface area contributed by atoms with Crippen molar-refractivity contribution in [1.82, 2.24) is 4.98 Å². The van der Waals surface area contributed by atoms with Crippen LogP contribution in [0.25, 0.3) is 0 Å². The largest absolute Gasteiger partial charge is 0.357 e. The van der Waals surface area contributed by atoms with Gasteiger partial charge in [-0.25, -0.2) is 4.39 Å². The van der Waals surface area contributed by atoms with Crippen LogP contribution in [0, 0.1) is 12.0 Å². The summed E-state index contributed by atoms with van der Waals surface area (Å²) in [5, 5.41) is 0. The van der Waals surface area contributed by atoms with Crippen LogP contribution in [0.15, 0.2) is 12.3 Å². The summed E-state index contributed by atoms with van der Waals surface area (Å²) in [6.07, 6.45) is 3.69. The molecule has 1 aromatic rings. The zero-order valence-electron chi connectivity index (χ0n) is 3.03. The molecule has 1 radical (unpaired) electrons. The first-order chi connectivity index (χ1) is 2.89. The highest BCUT2D eigenvalue weighted by Crippen LogP contribution is 1.87. The van der Waals surface area contributed by atoms with Crippen molar-refractivity contribution in [3.8, 4) is 0 Å². The zero-order valence-corrected chi connectivity index (χ0v) is 3.03. The molecule has 0 aliphatic rings. The maximum absolute atomic E-state index is 11.6. The lowest BCUT2D eigenvalue weighted by molar-refractivity contribution is 0.627. The molecule has 0 saturated carbocycles. The summed E-state index contributed by atoms with van der Waals surface area (Å²) in [5.41, 5.74) is 0. The standard InChI is InChI=1S/C4H3FN/c5-4-1-2-6-3-4/h1-2,6H. The van der Waals surface area contributed by atoms with Crippen LogP contribution >= 0.6 is 0 Å². The minimum absolute atomic E-state index is 0.338. The van der Waals surface area contributed by atoms with Gasteiger partial charge in [0.25, 0.3) is 0 Å². The van der Waals surface area contributed by atoms with Crippen molar-refractivity contribution in [3.63, 3.8) is 0 Å². The number of aromatic nitrogens is 1. The molecular formula is C4H3FN. The van der Waals surface area contributed by atoms with E-state index in [4.69, 9.17) is 0 Å². The third kappa shape index (κ3) is 0.407. The second-order valence-electron chi connectivity index (χ2n) is 0.951. The molecule has 0 fully saturated rings. The maximum Gasteiger partial charge on any atom is 0.150 e. The van der Waals surface area contributed by atoms with E-state index >= 15 is 0 Å². The Labute approximate surface area is 34.8 Å². The first kappa shape index (κ1) is 3.40. The predicted octanol–water partition coefficient (Wildman–Crippen LogP) is 0.954. The van der Waals surface area contributed by atoms with Crippen LogP contribution in [-0.2, 0) is 0 Å². The molecule has 2 heteroatoms. The summed E-state index contributed by atoms with van der Waals surface area (Å²) in [6, 6.07) is 1.31. The maximum atomic E-state index is 11.6. The summed E-state index contributed by atoms with van der Waals surface area (Å²) in [5.74, 6) is -0.338. The Morgan fingerprint density at radius 3 is 2.83 bits per heavy atom. The number of H-pyrrole nitrogens is 1. The zero-order chi connectivity index (χ0) is 4.41. The van der Waals surface area contributed by atoms with Gasteiger partial charge in [0.2, 0.25) is 0 Å². The third-order valence-electron chi connectivity index (χ3n) is 0.505. The Kier molecular flexibility index (Phi) is 0.638. The van der Waals surface area contributed by atoms with Crippen LogP contribution in [-0.4, -0.2) is 4.98 Å². The predicted molar refractivity (Wildman–Crippen MR) is 19.6 cm³/mol. The Bertz CT molecular complexity index is 111. The first-order valence-electron chi connectivity index (χ1n) is 1.60. The first-order valence-corrected chi connectivity index (χ1v) is 1.60. The fourth-order valence-electron chi connectivity index (χ4n) is 0.267. The molecule has 0 aliphatic heterocycles. The molecule has 0 bridgehead atoms. The van der Waals surface area contributed by atoms with Gasteiger partial charge in [-0.05, 0) is 6.07 Å². The van der Waals surface area contributed by atoms with Crippen molar-refractivity contribution >= 4 is 0 Å². The highest BCUT2D eigenvalue weighted by atomic mass is 19.1. The monoisotopic (exact) mass is 84.0 g/mol. The van der Waals surface area contributed by atoms with E-state index in [0.717, 1.165) is 0 Å². The number of hydrogen-bond donors (Lipinski definition) is 1. The van der Waals surface area contributed by atoms with Gasteiger partial charge in [-0.3, -0.25) is 0 Å². The van der Waals surface area contributed by atoms with Crippen LogP contribution < -0.4 is 0 Å². The van der Waals surface area contributed by atoms with E-state index in [-0.39, 0.29) is 5.82 Å². The van der Waals surface area contributed by atoms with Gasteiger partial charge in [-0.2, -0.15) is 0 Å². The summed E-state index contributed by atoms with van der Waals surface area (Å²) < 4.78 is 11.6. The topological polar surface area (TPSA) is 15.8 Å². The van der Waals surface area contributed by atoms with Gasteiger partial charge in [0, 0.05) is 6.20 Å². The number of aromatic amines is 1. The Hall–Kier alpha value is -0.790. The SMILES string of the molecule is Fc1[c][nH]cc1. The lowest BCUT2D eigenvalue weighted by atomic mass is 10.6. The van der Waals surface area contributed by atoms with Crippen molar-refractivity contribution in [3.05, 3.63) is 24.3 Å². The highest BCUT2D eigenvalue weighted by molar-refractivity contribution is 4.88.